The van der Waals surface area contributed by atoms with E-state index in [1.807, 2.05) is 6.92 Å². The van der Waals surface area contributed by atoms with Crippen molar-refractivity contribution in [1.82, 2.24) is 0 Å². The number of hydrogen-bond donors (Lipinski definition) is 0. The second-order valence-electron chi connectivity index (χ2n) is 3.07. The molecule has 0 spiro atoms. The molecule has 5 heteroatoms. The van der Waals surface area contributed by atoms with Crippen LogP contribution in [0.1, 0.15) is 27.2 Å². The van der Waals surface area contributed by atoms with Crippen LogP contribution >= 0.6 is 0 Å². The molecule has 0 bridgehead atoms. The molecule has 0 saturated heterocycles. The summed E-state index contributed by atoms with van der Waals surface area (Å²) in [6.45, 7) is 6.33. The summed E-state index contributed by atoms with van der Waals surface area (Å²) in [5.74, 6) is -0.771. The molecule has 0 amide bonds. The topological polar surface area (TPSA) is 52.6 Å². The van der Waals surface area contributed by atoms with Gasteiger partial charge < -0.3 is 8.85 Å². The van der Waals surface area contributed by atoms with Crippen molar-refractivity contribution >= 4 is 20.5 Å². The molecular formula is C8H16O4Si. The van der Waals surface area contributed by atoms with Crippen LogP contribution in [0.2, 0.25) is 12.6 Å². The fourth-order valence-corrected chi connectivity index (χ4v) is 3.56. The molecule has 0 radical (unpaired) electrons. The molecule has 0 aromatic rings. The lowest BCUT2D eigenvalue weighted by Crippen LogP contribution is -2.41. The standard InChI is InChI=1S/C8H16O4Si/c1-5-6-13(4,11-7(2)9)12-8(3)10/h5-6H2,1-4H3. The van der Waals surface area contributed by atoms with Gasteiger partial charge >= 0.3 is 8.56 Å². The van der Waals surface area contributed by atoms with Crippen LogP contribution in [0.5, 0.6) is 0 Å². The van der Waals surface area contributed by atoms with Crippen LogP contribution in [0.3, 0.4) is 0 Å². The minimum Gasteiger partial charge on any atom is -0.485 e. The third-order valence-corrected chi connectivity index (χ3v) is 4.27. The van der Waals surface area contributed by atoms with Gasteiger partial charge in [-0.05, 0) is 0 Å². The molecule has 0 aliphatic rings. The first-order valence-corrected chi connectivity index (χ1v) is 6.81. The molecule has 76 valence electrons. The second kappa shape index (κ2) is 5.01. The zero-order chi connectivity index (χ0) is 10.5. The average Bonchev–Trinajstić information content (AvgIpc) is 1.81. The van der Waals surface area contributed by atoms with Crippen LogP contribution in [0.15, 0.2) is 0 Å². The number of rotatable bonds is 4. The lowest BCUT2D eigenvalue weighted by Gasteiger charge is -2.24. The molecule has 0 unspecified atom stereocenters. The molecule has 0 aromatic carbocycles. The normalized spacial score (nSPS) is 10.8. The second-order valence-corrected chi connectivity index (χ2v) is 6.25. The van der Waals surface area contributed by atoms with E-state index in [2.05, 4.69) is 0 Å². The Morgan fingerprint density at radius 1 is 1.15 bits per heavy atom. The first-order valence-electron chi connectivity index (χ1n) is 4.29. The molecule has 0 fully saturated rings. The number of hydrogen-bond acceptors (Lipinski definition) is 4. The fourth-order valence-electron chi connectivity index (χ4n) is 1.19. The minimum absolute atomic E-state index is 0.385. The van der Waals surface area contributed by atoms with Crippen LogP contribution in [0.25, 0.3) is 0 Å². The molecule has 0 N–H and O–H groups in total. The Morgan fingerprint density at radius 2 is 1.54 bits per heavy atom. The van der Waals surface area contributed by atoms with Gasteiger partial charge in [-0.25, -0.2) is 0 Å². The molecule has 0 saturated carbocycles. The van der Waals surface area contributed by atoms with Crippen molar-refractivity contribution < 1.29 is 18.4 Å². The van der Waals surface area contributed by atoms with Gasteiger partial charge in [0.25, 0.3) is 11.9 Å². The van der Waals surface area contributed by atoms with Crippen LogP contribution in [-0.2, 0) is 18.4 Å². The monoisotopic (exact) mass is 204 g/mol. The quantitative estimate of drug-likeness (QED) is 0.653. The van der Waals surface area contributed by atoms with E-state index in [0.717, 1.165) is 6.42 Å². The van der Waals surface area contributed by atoms with Gasteiger partial charge in [0, 0.05) is 26.4 Å². The van der Waals surface area contributed by atoms with Gasteiger partial charge in [0.05, 0.1) is 0 Å². The van der Waals surface area contributed by atoms with Gasteiger partial charge in [-0.15, -0.1) is 0 Å². The summed E-state index contributed by atoms with van der Waals surface area (Å²) in [5.41, 5.74) is 0. The Balaban J connectivity index is 4.32. The van der Waals surface area contributed by atoms with Gasteiger partial charge in [-0.1, -0.05) is 13.3 Å². The third-order valence-electron chi connectivity index (χ3n) is 1.42. The Morgan fingerprint density at radius 3 is 1.77 bits per heavy atom. The van der Waals surface area contributed by atoms with Crippen molar-refractivity contribution in [3.63, 3.8) is 0 Å². The van der Waals surface area contributed by atoms with Gasteiger partial charge in [-0.2, -0.15) is 0 Å². The maximum absolute atomic E-state index is 10.7. The molecular weight excluding hydrogens is 188 g/mol. The Labute approximate surface area is 79.5 Å². The van der Waals surface area contributed by atoms with Crippen molar-refractivity contribution in [1.29, 1.82) is 0 Å². The average molecular weight is 204 g/mol. The summed E-state index contributed by atoms with van der Waals surface area (Å²) < 4.78 is 10.1. The largest absolute Gasteiger partial charge is 0.485 e. The Kier molecular flexibility index (Phi) is 4.69. The highest BCUT2D eigenvalue weighted by molar-refractivity contribution is 6.69. The number of carbonyl (C=O) groups is 2. The highest BCUT2D eigenvalue weighted by atomic mass is 28.4. The summed E-state index contributed by atoms with van der Waals surface area (Å²) in [4.78, 5) is 21.5. The molecule has 4 nitrogen and oxygen atoms in total. The Bertz CT molecular complexity index is 186. The molecule has 0 rings (SSSR count). The van der Waals surface area contributed by atoms with Crippen molar-refractivity contribution in [2.75, 3.05) is 0 Å². The molecule has 0 aliphatic heterocycles. The van der Waals surface area contributed by atoms with Crippen molar-refractivity contribution in [3.05, 3.63) is 0 Å². The van der Waals surface area contributed by atoms with Crippen molar-refractivity contribution in [2.24, 2.45) is 0 Å². The molecule has 0 aromatic heterocycles. The summed E-state index contributed by atoms with van der Waals surface area (Å²) >= 11 is 0. The van der Waals surface area contributed by atoms with Crippen molar-refractivity contribution in [3.8, 4) is 0 Å². The maximum Gasteiger partial charge on any atom is 0.460 e. The van der Waals surface area contributed by atoms with Gasteiger partial charge in [0.1, 0.15) is 0 Å². The lowest BCUT2D eigenvalue weighted by atomic mass is 10.6. The maximum atomic E-state index is 10.7. The molecule has 0 aliphatic carbocycles. The van der Waals surface area contributed by atoms with Crippen LogP contribution in [-0.4, -0.2) is 20.5 Å². The predicted molar refractivity (Wildman–Crippen MR) is 50.2 cm³/mol. The lowest BCUT2D eigenvalue weighted by molar-refractivity contribution is -0.138. The third kappa shape index (κ3) is 5.40. The predicted octanol–water partition coefficient (Wildman–Crippen LogP) is 1.59. The van der Waals surface area contributed by atoms with E-state index in [-0.39, 0.29) is 11.9 Å². The zero-order valence-corrected chi connectivity index (χ0v) is 9.55. The van der Waals surface area contributed by atoms with E-state index < -0.39 is 8.56 Å². The van der Waals surface area contributed by atoms with E-state index in [1.54, 1.807) is 6.55 Å². The number of carbonyl (C=O) groups excluding carboxylic acids is 2. The van der Waals surface area contributed by atoms with Gasteiger partial charge in [0.2, 0.25) is 0 Å². The molecule has 0 heterocycles. The first-order chi connectivity index (χ1) is 5.89. The smallest absolute Gasteiger partial charge is 0.460 e. The zero-order valence-electron chi connectivity index (χ0n) is 8.55. The Hall–Kier alpha value is -0.843. The fraction of sp³-hybridized carbons (Fsp3) is 0.750. The van der Waals surface area contributed by atoms with E-state index >= 15 is 0 Å². The van der Waals surface area contributed by atoms with Crippen molar-refractivity contribution in [2.45, 2.75) is 39.8 Å². The summed E-state index contributed by atoms with van der Waals surface area (Å²) in [7, 11) is -2.57. The minimum atomic E-state index is -2.57. The first kappa shape index (κ1) is 12.2. The summed E-state index contributed by atoms with van der Waals surface area (Å²) in [5, 5.41) is 0. The highest BCUT2D eigenvalue weighted by Gasteiger charge is 2.36. The van der Waals surface area contributed by atoms with Crippen LogP contribution in [0, 0.1) is 0 Å². The van der Waals surface area contributed by atoms with E-state index in [4.69, 9.17) is 8.85 Å². The summed E-state index contributed by atoms with van der Waals surface area (Å²) in [6, 6.07) is 0.645. The SMILES string of the molecule is CCC[Si](C)(OC(C)=O)OC(C)=O. The van der Waals surface area contributed by atoms with Gasteiger partial charge in [-0.3, -0.25) is 9.59 Å². The molecule has 0 atom stereocenters. The van der Waals surface area contributed by atoms with E-state index in [9.17, 15) is 9.59 Å². The van der Waals surface area contributed by atoms with Crippen LogP contribution in [0.4, 0.5) is 0 Å². The van der Waals surface area contributed by atoms with E-state index in [1.165, 1.54) is 13.8 Å². The summed E-state index contributed by atoms with van der Waals surface area (Å²) in [6.07, 6.45) is 0.837. The van der Waals surface area contributed by atoms with Gasteiger partial charge in [0.15, 0.2) is 0 Å². The van der Waals surface area contributed by atoms with Crippen LogP contribution < -0.4 is 0 Å². The molecule has 13 heavy (non-hydrogen) atoms. The van der Waals surface area contributed by atoms with E-state index in [0.29, 0.717) is 6.04 Å². The highest BCUT2D eigenvalue weighted by Crippen LogP contribution is 2.15.